The zero-order valence-electron chi connectivity index (χ0n) is 8.14. The molecule has 78 valence electrons. The van der Waals surface area contributed by atoms with Crippen LogP contribution in [0, 0.1) is 0 Å². The third-order valence-electron chi connectivity index (χ3n) is 2.03. The molecule has 1 aromatic heterocycles. The normalized spacial score (nSPS) is 10.3. The lowest BCUT2D eigenvalue weighted by molar-refractivity contribution is 0.415. The smallest absolute Gasteiger partial charge is 0.121 e. The van der Waals surface area contributed by atoms with E-state index >= 15 is 0 Å². The number of hydrogen-bond acceptors (Lipinski definition) is 3. The van der Waals surface area contributed by atoms with E-state index in [1.807, 2.05) is 18.3 Å². The minimum absolute atomic E-state index is 0.630. The molecule has 0 bridgehead atoms. The van der Waals surface area contributed by atoms with E-state index in [0.29, 0.717) is 5.69 Å². The molecule has 0 radical (unpaired) electrons. The van der Waals surface area contributed by atoms with Gasteiger partial charge in [-0.3, -0.25) is 0 Å². The van der Waals surface area contributed by atoms with Crippen LogP contribution in [0.4, 0.5) is 5.69 Å². The van der Waals surface area contributed by atoms with Crippen molar-refractivity contribution in [2.24, 2.45) is 0 Å². The van der Waals surface area contributed by atoms with Crippen LogP contribution in [-0.2, 0) is 0 Å². The van der Waals surface area contributed by atoms with Crippen molar-refractivity contribution in [1.29, 1.82) is 0 Å². The monoisotopic (exact) mass is 267 g/mol. The summed E-state index contributed by atoms with van der Waals surface area (Å²) in [6.07, 6.45) is 3.56. The van der Waals surface area contributed by atoms with Crippen LogP contribution in [0.25, 0.3) is 5.69 Å². The molecular formula is C10H10BrN3O. The van der Waals surface area contributed by atoms with Gasteiger partial charge in [0.05, 0.1) is 29.2 Å². The van der Waals surface area contributed by atoms with Gasteiger partial charge in [-0.25, -0.2) is 4.68 Å². The van der Waals surface area contributed by atoms with E-state index in [1.165, 1.54) is 0 Å². The lowest BCUT2D eigenvalue weighted by Crippen LogP contribution is -2.00. The zero-order chi connectivity index (χ0) is 10.8. The van der Waals surface area contributed by atoms with E-state index in [-0.39, 0.29) is 0 Å². The van der Waals surface area contributed by atoms with Gasteiger partial charge in [0.2, 0.25) is 0 Å². The van der Waals surface area contributed by atoms with Crippen molar-refractivity contribution < 1.29 is 4.74 Å². The maximum Gasteiger partial charge on any atom is 0.121 e. The first-order chi connectivity index (χ1) is 7.20. The average molecular weight is 268 g/mol. The highest BCUT2D eigenvalue weighted by molar-refractivity contribution is 9.10. The summed E-state index contributed by atoms with van der Waals surface area (Å²) in [5, 5.41) is 4.15. The molecule has 0 atom stereocenters. The van der Waals surface area contributed by atoms with E-state index in [4.69, 9.17) is 10.5 Å². The molecule has 2 N–H and O–H groups in total. The number of hydrogen-bond donors (Lipinski definition) is 1. The van der Waals surface area contributed by atoms with Gasteiger partial charge >= 0.3 is 0 Å². The van der Waals surface area contributed by atoms with Gasteiger partial charge in [0.15, 0.2) is 0 Å². The summed E-state index contributed by atoms with van der Waals surface area (Å²) in [5.41, 5.74) is 7.35. The Hall–Kier alpha value is -1.49. The number of aromatic nitrogens is 2. The topological polar surface area (TPSA) is 53.1 Å². The molecule has 0 aliphatic carbocycles. The lowest BCUT2D eigenvalue weighted by atomic mass is 10.2. The van der Waals surface area contributed by atoms with E-state index in [9.17, 15) is 0 Å². The third kappa shape index (κ3) is 1.97. The van der Waals surface area contributed by atoms with E-state index < -0.39 is 0 Å². The van der Waals surface area contributed by atoms with Gasteiger partial charge in [0.25, 0.3) is 0 Å². The Kier molecular flexibility index (Phi) is 2.64. The fourth-order valence-electron chi connectivity index (χ4n) is 1.30. The fourth-order valence-corrected chi connectivity index (χ4v) is 1.59. The number of ether oxygens (including phenoxy) is 1. The quantitative estimate of drug-likeness (QED) is 0.850. The Morgan fingerprint density at radius 3 is 2.80 bits per heavy atom. The number of halogens is 1. The molecule has 0 aliphatic rings. The summed E-state index contributed by atoms with van der Waals surface area (Å²) < 4.78 is 7.69. The van der Waals surface area contributed by atoms with E-state index in [2.05, 4.69) is 21.0 Å². The molecule has 0 aliphatic heterocycles. The highest BCUT2D eigenvalue weighted by atomic mass is 79.9. The molecule has 4 nitrogen and oxygen atoms in total. The van der Waals surface area contributed by atoms with Gasteiger partial charge in [0.1, 0.15) is 5.75 Å². The van der Waals surface area contributed by atoms with Gasteiger partial charge in [-0.2, -0.15) is 5.10 Å². The van der Waals surface area contributed by atoms with Crippen LogP contribution in [0.1, 0.15) is 0 Å². The van der Waals surface area contributed by atoms with Crippen molar-refractivity contribution in [3.8, 4) is 11.4 Å². The molecule has 2 rings (SSSR count). The van der Waals surface area contributed by atoms with Gasteiger partial charge in [-0.15, -0.1) is 0 Å². The molecule has 5 heteroatoms. The SMILES string of the molecule is COc1ccc(-n2cc(Br)cn2)c(N)c1. The minimum atomic E-state index is 0.630. The number of methoxy groups -OCH3 is 1. The van der Waals surface area contributed by atoms with Crippen molar-refractivity contribution in [3.63, 3.8) is 0 Å². The molecule has 0 unspecified atom stereocenters. The first kappa shape index (κ1) is 10.0. The first-order valence-electron chi connectivity index (χ1n) is 4.35. The van der Waals surface area contributed by atoms with Gasteiger partial charge in [-0.1, -0.05) is 0 Å². The van der Waals surface area contributed by atoms with Gasteiger partial charge in [-0.05, 0) is 28.1 Å². The second-order valence-electron chi connectivity index (χ2n) is 3.03. The Balaban J connectivity index is 2.45. The maximum absolute atomic E-state index is 5.88. The summed E-state index contributed by atoms with van der Waals surface area (Å²) in [5.74, 6) is 0.738. The maximum atomic E-state index is 5.88. The standard InChI is InChI=1S/C10H10BrN3O/c1-15-8-2-3-10(9(12)4-8)14-6-7(11)5-13-14/h2-6H,12H2,1H3. The average Bonchev–Trinajstić information content (AvgIpc) is 2.64. The molecule has 0 saturated carbocycles. The third-order valence-corrected chi connectivity index (χ3v) is 2.44. The highest BCUT2D eigenvalue weighted by Gasteiger charge is 2.04. The number of anilines is 1. The predicted molar refractivity (Wildman–Crippen MR) is 62.2 cm³/mol. The number of nitrogens with two attached hydrogens (primary N) is 1. The van der Waals surface area contributed by atoms with Gasteiger partial charge in [0, 0.05) is 12.3 Å². The molecule has 2 aromatic rings. The second-order valence-corrected chi connectivity index (χ2v) is 3.94. The highest BCUT2D eigenvalue weighted by Crippen LogP contribution is 2.23. The largest absolute Gasteiger partial charge is 0.497 e. The summed E-state index contributed by atoms with van der Waals surface area (Å²) in [6.45, 7) is 0. The summed E-state index contributed by atoms with van der Waals surface area (Å²) in [7, 11) is 1.61. The number of nitrogens with zero attached hydrogens (tertiary/aromatic N) is 2. The summed E-state index contributed by atoms with van der Waals surface area (Å²) >= 11 is 3.33. The van der Waals surface area contributed by atoms with Crippen LogP contribution in [-0.4, -0.2) is 16.9 Å². The molecule has 1 heterocycles. The lowest BCUT2D eigenvalue weighted by Gasteiger charge is -2.07. The summed E-state index contributed by atoms with van der Waals surface area (Å²) in [6, 6.07) is 5.49. The van der Waals surface area contributed by atoms with Crippen LogP contribution < -0.4 is 10.5 Å². The molecule has 0 fully saturated rings. The first-order valence-corrected chi connectivity index (χ1v) is 5.14. The molecule has 0 saturated heterocycles. The van der Waals surface area contributed by atoms with Crippen LogP contribution in [0.5, 0.6) is 5.75 Å². The Morgan fingerprint density at radius 2 is 2.27 bits per heavy atom. The van der Waals surface area contributed by atoms with Crippen LogP contribution in [0.2, 0.25) is 0 Å². The van der Waals surface area contributed by atoms with Crippen LogP contribution >= 0.6 is 15.9 Å². The molecule has 0 amide bonds. The molecule has 0 spiro atoms. The predicted octanol–water partition coefficient (Wildman–Crippen LogP) is 2.23. The van der Waals surface area contributed by atoms with Crippen molar-refractivity contribution in [3.05, 3.63) is 35.1 Å². The Morgan fingerprint density at radius 1 is 1.47 bits per heavy atom. The molecule has 1 aromatic carbocycles. The van der Waals surface area contributed by atoms with Crippen molar-refractivity contribution in [1.82, 2.24) is 9.78 Å². The second kappa shape index (κ2) is 3.94. The minimum Gasteiger partial charge on any atom is -0.497 e. The van der Waals surface area contributed by atoms with Crippen LogP contribution in [0.3, 0.4) is 0 Å². The van der Waals surface area contributed by atoms with Gasteiger partial charge < -0.3 is 10.5 Å². The van der Waals surface area contributed by atoms with Crippen molar-refractivity contribution in [2.45, 2.75) is 0 Å². The Labute approximate surface area is 95.8 Å². The van der Waals surface area contributed by atoms with Crippen molar-refractivity contribution >= 4 is 21.6 Å². The fraction of sp³-hybridized carbons (Fsp3) is 0.100. The molecule has 15 heavy (non-hydrogen) atoms. The van der Waals surface area contributed by atoms with Crippen molar-refractivity contribution in [2.75, 3.05) is 12.8 Å². The number of benzene rings is 1. The molecular weight excluding hydrogens is 258 g/mol. The zero-order valence-corrected chi connectivity index (χ0v) is 9.73. The Bertz CT molecular complexity index is 481. The number of nitrogen functional groups attached to an aromatic ring is 1. The van der Waals surface area contributed by atoms with E-state index in [0.717, 1.165) is 15.9 Å². The van der Waals surface area contributed by atoms with E-state index in [1.54, 1.807) is 24.1 Å². The number of rotatable bonds is 2. The summed E-state index contributed by atoms with van der Waals surface area (Å²) in [4.78, 5) is 0. The van der Waals surface area contributed by atoms with Crippen LogP contribution in [0.15, 0.2) is 35.1 Å².